The van der Waals surface area contributed by atoms with Gasteiger partial charge in [-0.3, -0.25) is 9.59 Å². The molecule has 0 aliphatic heterocycles. The van der Waals surface area contributed by atoms with Crippen molar-refractivity contribution in [2.45, 2.75) is 26.2 Å². The highest BCUT2D eigenvalue weighted by Gasteiger charge is 2.14. The molecule has 0 aliphatic rings. The third kappa shape index (κ3) is 5.61. The third-order valence-corrected chi connectivity index (χ3v) is 5.93. The number of carbonyl (C=O) groups excluding carboxylic acids is 2. The monoisotopic (exact) mass is 479 g/mol. The molecule has 0 unspecified atom stereocenters. The van der Waals surface area contributed by atoms with Crippen LogP contribution in [-0.2, 0) is 5.41 Å². The van der Waals surface area contributed by atoms with Gasteiger partial charge in [0, 0.05) is 22.4 Å². The maximum atomic E-state index is 12.6. The maximum Gasteiger partial charge on any atom is 0.271 e. The maximum absolute atomic E-state index is 12.6. The average molecular weight is 480 g/mol. The van der Waals surface area contributed by atoms with E-state index in [1.165, 1.54) is 0 Å². The number of carbonyl (C=O) groups is 2. The smallest absolute Gasteiger partial charge is 0.271 e. The van der Waals surface area contributed by atoms with Gasteiger partial charge >= 0.3 is 0 Å². The molecule has 0 heterocycles. The number of rotatable bonds is 6. The zero-order chi connectivity index (χ0) is 25.7. The van der Waals surface area contributed by atoms with Crippen LogP contribution in [0.15, 0.2) is 90.0 Å². The van der Waals surface area contributed by atoms with Crippen LogP contribution in [0.25, 0.3) is 10.8 Å². The van der Waals surface area contributed by atoms with Crippen molar-refractivity contribution in [1.82, 2.24) is 5.43 Å². The Morgan fingerprint density at radius 1 is 0.806 bits per heavy atom. The van der Waals surface area contributed by atoms with E-state index in [4.69, 9.17) is 4.74 Å². The second-order valence-corrected chi connectivity index (χ2v) is 9.46. The molecular formula is C30H29N3O3. The van der Waals surface area contributed by atoms with Crippen molar-refractivity contribution in [1.29, 1.82) is 0 Å². The lowest BCUT2D eigenvalue weighted by Crippen LogP contribution is -2.18. The highest BCUT2D eigenvalue weighted by atomic mass is 16.5. The van der Waals surface area contributed by atoms with E-state index in [2.05, 4.69) is 36.6 Å². The number of amides is 2. The molecule has 6 nitrogen and oxygen atoms in total. The number of hydrazone groups is 1. The Morgan fingerprint density at radius 2 is 1.44 bits per heavy atom. The molecule has 2 N–H and O–H groups in total. The summed E-state index contributed by atoms with van der Waals surface area (Å²) < 4.78 is 5.45. The van der Waals surface area contributed by atoms with Crippen LogP contribution < -0.4 is 15.5 Å². The predicted octanol–water partition coefficient (Wildman–Crippen LogP) is 6.16. The molecule has 0 spiro atoms. The van der Waals surface area contributed by atoms with Crippen LogP contribution in [0.2, 0.25) is 0 Å². The highest BCUT2D eigenvalue weighted by molar-refractivity contribution is 6.05. The van der Waals surface area contributed by atoms with E-state index in [0.717, 1.165) is 21.9 Å². The van der Waals surface area contributed by atoms with Gasteiger partial charge < -0.3 is 10.1 Å². The number of hydrogen-bond acceptors (Lipinski definition) is 4. The number of benzene rings is 4. The summed E-state index contributed by atoms with van der Waals surface area (Å²) in [7, 11) is 1.60. The topological polar surface area (TPSA) is 79.8 Å². The largest absolute Gasteiger partial charge is 0.496 e. The SMILES string of the molecule is COc1ccc2ccccc2c1/C=N/NC(=O)c1ccc(NC(=O)c2ccc(C(C)(C)C)cc2)cc1. The van der Waals surface area contributed by atoms with Crippen molar-refractivity contribution in [2.24, 2.45) is 5.10 Å². The molecule has 0 saturated carbocycles. The third-order valence-electron chi connectivity index (χ3n) is 5.93. The Labute approximate surface area is 211 Å². The molecule has 4 aromatic rings. The van der Waals surface area contributed by atoms with Crippen LogP contribution in [0.3, 0.4) is 0 Å². The fraction of sp³-hybridized carbons (Fsp3) is 0.167. The summed E-state index contributed by atoms with van der Waals surface area (Å²) in [6.07, 6.45) is 1.58. The summed E-state index contributed by atoms with van der Waals surface area (Å²) in [5.74, 6) is 0.0993. The molecule has 0 radical (unpaired) electrons. The van der Waals surface area contributed by atoms with Gasteiger partial charge in [-0.2, -0.15) is 5.10 Å². The molecular weight excluding hydrogens is 450 g/mol. The lowest BCUT2D eigenvalue weighted by molar-refractivity contribution is 0.0954. The molecule has 2 amide bonds. The molecule has 0 atom stereocenters. The average Bonchev–Trinajstić information content (AvgIpc) is 2.88. The van der Waals surface area contributed by atoms with E-state index < -0.39 is 0 Å². The molecule has 4 aromatic carbocycles. The van der Waals surface area contributed by atoms with E-state index in [9.17, 15) is 9.59 Å². The number of nitrogens with one attached hydrogen (secondary N) is 2. The number of hydrogen-bond donors (Lipinski definition) is 2. The molecule has 182 valence electrons. The summed E-state index contributed by atoms with van der Waals surface area (Å²) in [4.78, 5) is 25.2. The lowest BCUT2D eigenvalue weighted by atomic mass is 9.87. The van der Waals surface area contributed by atoms with Crippen LogP contribution in [0.5, 0.6) is 5.75 Å². The van der Waals surface area contributed by atoms with Gasteiger partial charge in [0.25, 0.3) is 11.8 Å². The number of fused-ring (bicyclic) bond motifs is 1. The minimum absolute atomic E-state index is 0.0242. The van der Waals surface area contributed by atoms with Gasteiger partial charge in [-0.25, -0.2) is 5.43 Å². The highest BCUT2D eigenvalue weighted by Crippen LogP contribution is 2.26. The summed E-state index contributed by atoms with van der Waals surface area (Å²) >= 11 is 0. The zero-order valence-electron chi connectivity index (χ0n) is 20.8. The van der Waals surface area contributed by atoms with Crippen LogP contribution in [0, 0.1) is 0 Å². The Morgan fingerprint density at radius 3 is 2.11 bits per heavy atom. The van der Waals surface area contributed by atoms with E-state index in [1.807, 2.05) is 60.7 Å². The van der Waals surface area contributed by atoms with Crippen LogP contribution >= 0.6 is 0 Å². The molecule has 0 aromatic heterocycles. The molecule has 0 saturated heterocycles. The van der Waals surface area contributed by atoms with Crippen LogP contribution in [0.4, 0.5) is 5.69 Å². The van der Waals surface area contributed by atoms with Crippen molar-refractivity contribution in [3.05, 3.63) is 107 Å². The van der Waals surface area contributed by atoms with Gasteiger partial charge in [0.15, 0.2) is 0 Å². The Kier molecular flexibility index (Phi) is 7.15. The molecule has 6 heteroatoms. The van der Waals surface area contributed by atoms with Gasteiger partial charge in [0.05, 0.1) is 13.3 Å². The first kappa shape index (κ1) is 24.7. The summed E-state index contributed by atoms with van der Waals surface area (Å²) in [5.41, 5.74) is 6.11. The zero-order valence-corrected chi connectivity index (χ0v) is 20.8. The van der Waals surface area contributed by atoms with Gasteiger partial charge in [-0.1, -0.05) is 63.2 Å². The number of nitrogens with zero attached hydrogens (tertiary/aromatic N) is 1. The van der Waals surface area contributed by atoms with Crippen molar-refractivity contribution in [2.75, 3.05) is 12.4 Å². The minimum Gasteiger partial charge on any atom is -0.496 e. The minimum atomic E-state index is -0.360. The van der Waals surface area contributed by atoms with Gasteiger partial charge in [0.1, 0.15) is 5.75 Å². The first-order chi connectivity index (χ1) is 17.3. The standard InChI is InChI=1S/C30H29N3O3/c1-30(2,3)23-14-9-21(10-15-23)28(34)32-24-16-11-22(12-17-24)29(35)33-31-19-26-25-8-6-5-7-20(25)13-18-27(26)36-4/h5-19H,1-4H3,(H,32,34)(H,33,35)/b31-19+. The summed E-state index contributed by atoms with van der Waals surface area (Å²) in [5, 5.41) is 9.02. The normalized spacial score (nSPS) is 11.4. The van der Waals surface area contributed by atoms with Crippen molar-refractivity contribution in [3.63, 3.8) is 0 Å². The molecule has 4 rings (SSSR count). The van der Waals surface area contributed by atoms with E-state index >= 15 is 0 Å². The van der Waals surface area contributed by atoms with E-state index in [1.54, 1.807) is 37.6 Å². The van der Waals surface area contributed by atoms with Crippen LogP contribution in [0.1, 0.15) is 52.6 Å². The summed E-state index contributed by atoms with van der Waals surface area (Å²) in [6, 6.07) is 26.0. The van der Waals surface area contributed by atoms with Crippen LogP contribution in [-0.4, -0.2) is 25.1 Å². The fourth-order valence-electron chi connectivity index (χ4n) is 3.84. The number of ether oxygens (including phenoxy) is 1. The predicted molar refractivity (Wildman–Crippen MR) is 145 cm³/mol. The Hall–Kier alpha value is -4.45. The fourth-order valence-corrected chi connectivity index (χ4v) is 3.84. The van der Waals surface area contributed by atoms with Gasteiger partial charge in [-0.15, -0.1) is 0 Å². The first-order valence-electron chi connectivity index (χ1n) is 11.7. The first-order valence-corrected chi connectivity index (χ1v) is 11.7. The Bertz CT molecular complexity index is 1420. The van der Waals surface area contributed by atoms with Gasteiger partial charge in [0.2, 0.25) is 0 Å². The molecule has 36 heavy (non-hydrogen) atoms. The van der Waals surface area contributed by atoms with Crippen molar-refractivity contribution in [3.8, 4) is 5.75 Å². The second kappa shape index (κ2) is 10.4. The molecule has 0 aliphatic carbocycles. The molecule has 0 fully saturated rings. The van der Waals surface area contributed by atoms with E-state index in [-0.39, 0.29) is 17.2 Å². The molecule has 0 bridgehead atoms. The van der Waals surface area contributed by atoms with E-state index in [0.29, 0.717) is 22.6 Å². The summed E-state index contributed by atoms with van der Waals surface area (Å²) in [6.45, 7) is 6.39. The van der Waals surface area contributed by atoms with Crippen molar-refractivity contribution < 1.29 is 14.3 Å². The number of anilines is 1. The van der Waals surface area contributed by atoms with Gasteiger partial charge in [-0.05, 0) is 64.2 Å². The second-order valence-electron chi connectivity index (χ2n) is 9.46. The quantitative estimate of drug-likeness (QED) is 0.257. The Balaban J connectivity index is 1.40. The lowest BCUT2D eigenvalue weighted by Gasteiger charge is -2.19. The number of methoxy groups -OCH3 is 1. The van der Waals surface area contributed by atoms with Crippen molar-refractivity contribution >= 4 is 34.5 Å².